The first-order valence-electron chi connectivity index (χ1n) is 7.63. The fraction of sp³-hybridized carbons (Fsp3) is 0.353. The third-order valence-electron chi connectivity index (χ3n) is 3.59. The summed E-state index contributed by atoms with van der Waals surface area (Å²) in [6.07, 6.45) is 0.898. The molecular formula is C17H22IN3O2S. The van der Waals surface area contributed by atoms with Crippen LogP contribution in [0.5, 0.6) is 11.5 Å². The quantitative estimate of drug-likeness (QED) is 0.410. The van der Waals surface area contributed by atoms with Crippen LogP contribution < -0.4 is 20.1 Å². The maximum Gasteiger partial charge on any atom is 0.231 e. The molecule has 3 rings (SSSR count). The maximum absolute atomic E-state index is 5.40. The number of hydrogen-bond acceptors (Lipinski definition) is 4. The predicted molar refractivity (Wildman–Crippen MR) is 109 cm³/mol. The van der Waals surface area contributed by atoms with Gasteiger partial charge in [-0.25, -0.2) is 0 Å². The second kappa shape index (κ2) is 9.12. The highest BCUT2D eigenvalue weighted by atomic mass is 127. The molecular weight excluding hydrogens is 437 g/mol. The lowest BCUT2D eigenvalue weighted by Gasteiger charge is -2.11. The average Bonchev–Trinajstić information content (AvgIpc) is 3.18. The Morgan fingerprint density at radius 3 is 2.75 bits per heavy atom. The minimum absolute atomic E-state index is 0. The Labute approximate surface area is 163 Å². The summed E-state index contributed by atoms with van der Waals surface area (Å²) >= 11 is 1.80. The molecule has 0 unspecified atom stereocenters. The van der Waals surface area contributed by atoms with E-state index in [-0.39, 0.29) is 24.0 Å². The number of nitrogens with one attached hydrogen (secondary N) is 2. The van der Waals surface area contributed by atoms with Crippen LogP contribution in [0.2, 0.25) is 0 Å². The number of hydrogen-bond donors (Lipinski definition) is 2. The van der Waals surface area contributed by atoms with Crippen molar-refractivity contribution in [3.8, 4) is 11.5 Å². The van der Waals surface area contributed by atoms with E-state index in [1.54, 1.807) is 18.4 Å². The molecule has 0 saturated heterocycles. The van der Waals surface area contributed by atoms with Gasteiger partial charge in [-0.15, -0.1) is 35.3 Å². The van der Waals surface area contributed by atoms with E-state index in [1.165, 1.54) is 15.3 Å². The zero-order valence-corrected chi connectivity index (χ0v) is 16.9. The maximum atomic E-state index is 5.40. The number of halogens is 1. The standard InChI is InChI=1S/C17H21N3O2S.HI/c1-12-3-5-14(23-12)10-20-17(18-2)19-8-7-13-4-6-15-16(9-13)22-11-21-15;/h3-6,9H,7-8,10-11H2,1-2H3,(H2,18,19,20);1H. The molecule has 7 heteroatoms. The van der Waals surface area contributed by atoms with Crippen molar-refractivity contribution in [3.63, 3.8) is 0 Å². The summed E-state index contributed by atoms with van der Waals surface area (Å²) in [5.41, 5.74) is 1.21. The van der Waals surface area contributed by atoms with Gasteiger partial charge in [0.05, 0.1) is 6.54 Å². The number of guanidine groups is 1. The van der Waals surface area contributed by atoms with E-state index in [0.29, 0.717) is 6.79 Å². The normalized spacial score (nSPS) is 12.7. The highest BCUT2D eigenvalue weighted by Gasteiger charge is 2.12. The SMILES string of the molecule is CN=C(NCCc1ccc2c(c1)OCO2)NCc1ccc(C)s1.I. The van der Waals surface area contributed by atoms with Crippen molar-refractivity contribution in [1.29, 1.82) is 0 Å². The van der Waals surface area contributed by atoms with Gasteiger partial charge in [0, 0.05) is 23.3 Å². The van der Waals surface area contributed by atoms with Crippen LogP contribution in [-0.2, 0) is 13.0 Å². The molecule has 0 spiro atoms. The average molecular weight is 459 g/mol. The monoisotopic (exact) mass is 459 g/mol. The molecule has 0 amide bonds. The Morgan fingerprint density at radius 2 is 2.00 bits per heavy atom. The van der Waals surface area contributed by atoms with Crippen molar-refractivity contribution < 1.29 is 9.47 Å². The smallest absolute Gasteiger partial charge is 0.231 e. The first kappa shape index (κ1) is 18.9. The van der Waals surface area contributed by atoms with Gasteiger partial charge in [0.15, 0.2) is 17.5 Å². The lowest BCUT2D eigenvalue weighted by Crippen LogP contribution is -2.37. The molecule has 2 N–H and O–H groups in total. The zero-order chi connectivity index (χ0) is 16.1. The summed E-state index contributed by atoms with van der Waals surface area (Å²) in [6.45, 7) is 4.04. The van der Waals surface area contributed by atoms with Gasteiger partial charge in [0.25, 0.3) is 0 Å². The van der Waals surface area contributed by atoms with Crippen LogP contribution in [0.4, 0.5) is 0 Å². The molecule has 2 heterocycles. The minimum atomic E-state index is 0. The Kier molecular flexibility index (Phi) is 7.16. The number of thiophene rings is 1. The molecule has 0 bridgehead atoms. The van der Waals surface area contributed by atoms with Crippen LogP contribution in [0.25, 0.3) is 0 Å². The van der Waals surface area contributed by atoms with Crippen LogP contribution in [0.1, 0.15) is 15.3 Å². The lowest BCUT2D eigenvalue weighted by molar-refractivity contribution is 0.174. The Balaban J connectivity index is 0.00000208. The van der Waals surface area contributed by atoms with Crippen molar-refractivity contribution in [3.05, 3.63) is 45.6 Å². The van der Waals surface area contributed by atoms with E-state index >= 15 is 0 Å². The number of aliphatic imine (C=N–C) groups is 1. The van der Waals surface area contributed by atoms with E-state index in [9.17, 15) is 0 Å². The number of aryl methyl sites for hydroxylation is 1. The van der Waals surface area contributed by atoms with Crippen molar-refractivity contribution in [1.82, 2.24) is 10.6 Å². The molecule has 0 fully saturated rings. The molecule has 0 aliphatic carbocycles. The van der Waals surface area contributed by atoms with E-state index in [4.69, 9.17) is 9.47 Å². The van der Waals surface area contributed by atoms with Crippen LogP contribution >= 0.6 is 35.3 Å². The molecule has 1 aromatic carbocycles. The van der Waals surface area contributed by atoms with E-state index in [2.05, 4.69) is 40.7 Å². The van der Waals surface area contributed by atoms with Crippen molar-refractivity contribution >= 4 is 41.3 Å². The Bertz CT molecular complexity index is 703. The molecule has 24 heavy (non-hydrogen) atoms. The minimum Gasteiger partial charge on any atom is -0.454 e. The molecule has 0 radical (unpaired) electrons. The van der Waals surface area contributed by atoms with Gasteiger partial charge < -0.3 is 20.1 Å². The largest absolute Gasteiger partial charge is 0.454 e. The number of benzene rings is 1. The second-order valence-electron chi connectivity index (χ2n) is 5.30. The van der Waals surface area contributed by atoms with Crippen LogP contribution in [0, 0.1) is 6.92 Å². The van der Waals surface area contributed by atoms with Gasteiger partial charge in [-0.2, -0.15) is 0 Å². The summed E-state index contributed by atoms with van der Waals surface area (Å²) in [7, 11) is 1.79. The molecule has 0 atom stereocenters. The number of nitrogens with zero attached hydrogens (tertiary/aromatic N) is 1. The molecule has 130 valence electrons. The van der Waals surface area contributed by atoms with Gasteiger partial charge in [0.1, 0.15) is 0 Å². The highest BCUT2D eigenvalue weighted by Crippen LogP contribution is 2.32. The molecule has 1 aliphatic rings. The first-order valence-corrected chi connectivity index (χ1v) is 8.44. The topological polar surface area (TPSA) is 54.9 Å². The van der Waals surface area contributed by atoms with E-state index < -0.39 is 0 Å². The van der Waals surface area contributed by atoms with Gasteiger partial charge in [0.2, 0.25) is 6.79 Å². The summed E-state index contributed by atoms with van der Waals surface area (Å²) in [5, 5.41) is 6.67. The first-order chi connectivity index (χ1) is 11.2. The Morgan fingerprint density at radius 1 is 1.17 bits per heavy atom. The number of fused-ring (bicyclic) bond motifs is 1. The highest BCUT2D eigenvalue weighted by molar-refractivity contribution is 14.0. The van der Waals surface area contributed by atoms with Crippen LogP contribution in [0.3, 0.4) is 0 Å². The molecule has 1 aromatic heterocycles. The summed E-state index contributed by atoms with van der Waals surface area (Å²) in [5.74, 6) is 2.47. The van der Waals surface area contributed by atoms with Gasteiger partial charge in [-0.1, -0.05) is 6.07 Å². The van der Waals surface area contributed by atoms with Gasteiger partial charge in [-0.3, -0.25) is 4.99 Å². The molecule has 1 aliphatic heterocycles. The van der Waals surface area contributed by atoms with Crippen molar-refractivity contribution in [2.45, 2.75) is 19.9 Å². The van der Waals surface area contributed by atoms with Crippen molar-refractivity contribution in [2.75, 3.05) is 20.4 Å². The summed E-state index contributed by atoms with van der Waals surface area (Å²) in [4.78, 5) is 6.89. The second-order valence-corrected chi connectivity index (χ2v) is 6.67. The van der Waals surface area contributed by atoms with E-state index in [1.807, 2.05) is 12.1 Å². The predicted octanol–water partition coefficient (Wildman–Crippen LogP) is 3.31. The van der Waals surface area contributed by atoms with Gasteiger partial charge >= 0.3 is 0 Å². The summed E-state index contributed by atoms with van der Waals surface area (Å²) in [6, 6.07) is 10.3. The summed E-state index contributed by atoms with van der Waals surface area (Å²) < 4.78 is 10.7. The van der Waals surface area contributed by atoms with Crippen molar-refractivity contribution in [2.24, 2.45) is 4.99 Å². The zero-order valence-electron chi connectivity index (χ0n) is 13.8. The molecule has 0 saturated carbocycles. The fourth-order valence-electron chi connectivity index (χ4n) is 2.39. The number of ether oxygens (including phenoxy) is 2. The number of rotatable bonds is 5. The van der Waals surface area contributed by atoms with Crippen LogP contribution in [0.15, 0.2) is 35.3 Å². The van der Waals surface area contributed by atoms with E-state index in [0.717, 1.165) is 37.0 Å². The fourth-order valence-corrected chi connectivity index (χ4v) is 3.22. The third kappa shape index (κ3) is 5.01. The van der Waals surface area contributed by atoms with Crippen LogP contribution in [-0.4, -0.2) is 26.3 Å². The van der Waals surface area contributed by atoms with Gasteiger partial charge in [-0.05, 0) is 43.2 Å². The molecule has 5 nitrogen and oxygen atoms in total. The third-order valence-corrected chi connectivity index (χ3v) is 4.59. The molecule has 2 aromatic rings. The lowest BCUT2D eigenvalue weighted by atomic mass is 10.1. The Hall–Kier alpha value is -1.48.